The lowest BCUT2D eigenvalue weighted by Crippen LogP contribution is -2.01. The summed E-state index contributed by atoms with van der Waals surface area (Å²) in [5, 5.41) is 8.93. The van der Waals surface area contributed by atoms with Gasteiger partial charge >= 0.3 is 5.97 Å². The Kier molecular flexibility index (Phi) is 2.19. The molecule has 3 rings (SSSR count). The van der Waals surface area contributed by atoms with Crippen molar-refractivity contribution in [1.82, 2.24) is 14.4 Å². The van der Waals surface area contributed by atoms with Crippen LogP contribution in [0.25, 0.3) is 16.6 Å². The topological polar surface area (TPSA) is 70.4 Å². The average Bonchev–Trinajstić information content (AvgIpc) is 2.97. The van der Waals surface area contributed by atoms with Crippen molar-refractivity contribution in [2.75, 3.05) is 0 Å². The van der Waals surface area contributed by atoms with Crippen molar-refractivity contribution in [3.8, 4) is 11.1 Å². The summed E-state index contributed by atoms with van der Waals surface area (Å²) >= 11 is 0. The Labute approximate surface area is 103 Å². The highest BCUT2D eigenvalue weighted by Gasteiger charge is 2.11. The summed E-state index contributed by atoms with van der Waals surface area (Å²) in [6.07, 6.45) is 5.32. The number of aromatic nitrogens is 3. The quantitative estimate of drug-likeness (QED) is 0.723. The first kappa shape index (κ1) is 10.6. The first-order valence-corrected chi connectivity index (χ1v) is 5.51. The van der Waals surface area contributed by atoms with Crippen LogP contribution < -0.4 is 0 Å². The van der Waals surface area contributed by atoms with Gasteiger partial charge in [0, 0.05) is 34.7 Å². The van der Waals surface area contributed by atoms with Crippen molar-refractivity contribution in [3.05, 3.63) is 48.3 Å². The minimum atomic E-state index is -1.01. The van der Waals surface area contributed by atoms with Crippen LogP contribution in [-0.2, 0) is 0 Å². The minimum absolute atomic E-state index is 0.0561. The van der Waals surface area contributed by atoms with Crippen LogP contribution >= 0.6 is 0 Å². The van der Waals surface area contributed by atoms with Crippen molar-refractivity contribution in [1.29, 1.82) is 0 Å². The number of rotatable bonds is 2. The molecule has 3 aromatic heterocycles. The van der Waals surface area contributed by atoms with E-state index in [1.807, 2.05) is 35.9 Å². The number of aromatic amines is 1. The van der Waals surface area contributed by atoms with Crippen LogP contribution in [0.2, 0.25) is 0 Å². The molecule has 0 aromatic carbocycles. The molecule has 0 aliphatic rings. The van der Waals surface area contributed by atoms with Gasteiger partial charge in [0.05, 0.1) is 0 Å². The molecule has 0 spiro atoms. The molecule has 0 aliphatic carbocycles. The van der Waals surface area contributed by atoms with Gasteiger partial charge in [0.1, 0.15) is 6.33 Å². The van der Waals surface area contributed by atoms with Gasteiger partial charge in [-0.3, -0.25) is 0 Å². The number of carboxylic acid groups (broad SMARTS) is 1. The zero-order chi connectivity index (χ0) is 12.7. The SMILES string of the molecule is Cc1c(-c2cc[nH]c2)cc2cc(C(=O)O)ncn12. The highest BCUT2D eigenvalue weighted by atomic mass is 16.4. The lowest BCUT2D eigenvalue weighted by atomic mass is 10.1. The molecule has 0 bridgehead atoms. The largest absolute Gasteiger partial charge is 0.477 e. The maximum absolute atomic E-state index is 10.9. The summed E-state index contributed by atoms with van der Waals surface area (Å²) in [6, 6.07) is 5.52. The van der Waals surface area contributed by atoms with Gasteiger partial charge in [0.25, 0.3) is 0 Å². The second-order valence-corrected chi connectivity index (χ2v) is 4.12. The third-order valence-corrected chi connectivity index (χ3v) is 3.05. The van der Waals surface area contributed by atoms with Gasteiger partial charge in [-0.05, 0) is 25.1 Å². The Morgan fingerprint density at radius 3 is 2.94 bits per heavy atom. The predicted octanol–water partition coefficient (Wildman–Crippen LogP) is 2.34. The van der Waals surface area contributed by atoms with Crippen LogP contribution in [0.4, 0.5) is 0 Å². The first-order valence-electron chi connectivity index (χ1n) is 5.51. The molecule has 0 saturated carbocycles. The van der Waals surface area contributed by atoms with E-state index in [2.05, 4.69) is 9.97 Å². The number of hydrogen-bond donors (Lipinski definition) is 2. The van der Waals surface area contributed by atoms with Gasteiger partial charge in [-0.1, -0.05) is 0 Å². The van der Waals surface area contributed by atoms with E-state index in [0.29, 0.717) is 0 Å². The third-order valence-electron chi connectivity index (χ3n) is 3.05. The molecule has 0 unspecified atom stereocenters. The van der Waals surface area contributed by atoms with Crippen molar-refractivity contribution in [2.24, 2.45) is 0 Å². The molecular weight excluding hydrogens is 230 g/mol. The molecular formula is C13H11N3O2. The van der Waals surface area contributed by atoms with E-state index in [4.69, 9.17) is 5.11 Å². The predicted molar refractivity (Wildman–Crippen MR) is 66.7 cm³/mol. The Hall–Kier alpha value is -2.56. The fourth-order valence-corrected chi connectivity index (χ4v) is 2.11. The summed E-state index contributed by atoms with van der Waals surface area (Å²) in [5.41, 5.74) is 4.07. The molecule has 5 nitrogen and oxygen atoms in total. The molecule has 0 fully saturated rings. The highest BCUT2D eigenvalue weighted by molar-refractivity contribution is 5.87. The smallest absolute Gasteiger partial charge is 0.354 e. The number of aromatic carboxylic acids is 1. The van der Waals surface area contributed by atoms with E-state index in [1.54, 1.807) is 12.4 Å². The molecule has 0 atom stereocenters. The third kappa shape index (κ3) is 1.48. The summed E-state index contributed by atoms with van der Waals surface area (Å²) in [5.74, 6) is -1.01. The first-order chi connectivity index (χ1) is 8.66. The number of aryl methyl sites for hydroxylation is 1. The molecule has 3 aromatic rings. The molecule has 2 N–H and O–H groups in total. The fourth-order valence-electron chi connectivity index (χ4n) is 2.11. The number of carboxylic acids is 1. The van der Waals surface area contributed by atoms with Gasteiger partial charge in [-0.25, -0.2) is 9.78 Å². The van der Waals surface area contributed by atoms with Crippen LogP contribution in [0, 0.1) is 6.92 Å². The van der Waals surface area contributed by atoms with E-state index in [0.717, 1.165) is 22.3 Å². The average molecular weight is 241 g/mol. The zero-order valence-electron chi connectivity index (χ0n) is 9.71. The Balaban J connectivity index is 2.25. The second kappa shape index (κ2) is 3.73. The summed E-state index contributed by atoms with van der Waals surface area (Å²) < 4.78 is 1.88. The Morgan fingerprint density at radius 2 is 2.28 bits per heavy atom. The van der Waals surface area contributed by atoms with E-state index in [-0.39, 0.29) is 5.69 Å². The highest BCUT2D eigenvalue weighted by Crippen LogP contribution is 2.26. The molecule has 5 heteroatoms. The van der Waals surface area contributed by atoms with Gasteiger partial charge in [0.15, 0.2) is 5.69 Å². The number of carbonyl (C=O) groups is 1. The molecule has 0 amide bonds. The zero-order valence-corrected chi connectivity index (χ0v) is 9.71. The van der Waals surface area contributed by atoms with E-state index in [9.17, 15) is 4.79 Å². The van der Waals surface area contributed by atoms with Crippen LogP contribution in [0.15, 0.2) is 36.9 Å². The van der Waals surface area contributed by atoms with Crippen LogP contribution in [0.1, 0.15) is 16.2 Å². The molecule has 0 radical (unpaired) electrons. The lowest BCUT2D eigenvalue weighted by molar-refractivity contribution is 0.0690. The van der Waals surface area contributed by atoms with Gasteiger partial charge in [-0.15, -0.1) is 0 Å². The van der Waals surface area contributed by atoms with Crippen LogP contribution in [0.3, 0.4) is 0 Å². The summed E-state index contributed by atoms with van der Waals surface area (Å²) in [7, 11) is 0. The van der Waals surface area contributed by atoms with Crippen LogP contribution in [-0.4, -0.2) is 25.4 Å². The van der Waals surface area contributed by atoms with Gasteiger partial charge in [-0.2, -0.15) is 0 Å². The molecule has 90 valence electrons. The molecule has 0 aliphatic heterocycles. The van der Waals surface area contributed by atoms with Gasteiger partial charge < -0.3 is 14.5 Å². The number of fused-ring (bicyclic) bond motifs is 1. The maximum atomic E-state index is 10.9. The normalized spacial score (nSPS) is 10.9. The van der Waals surface area contributed by atoms with Crippen molar-refractivity contribution >= 4 is 11.5 Å². The molecule has 3 heterocycles. The summed E-state index contributed by atoms with van der Waals surface area (Å²) in [4.78, 5) is 17.8. The van der Waals surface area contributed by atoms with Crippen molar-refractivity contribution in [3.63, 3.8) is 0 Å². The lowest BCUT2D eigenvalue weighted by Gasteiger charge is -1.99. The number of nitrogens with zero attached hydrogens (tertiary/aromatic N) is 2. The molecule has 18 heavy (non-hydrogen) atoms. The van der Waals surface area contributed by atoms with Crippen molar-refractivity contribution in [2.45, 2.75) is 6.92 Å². The Morgan fingerprint density at radius 1 is 1.44 bits per heavy atom. The fraction of sp³-hybridized carbons (Fsp3) is 0.0769. The second-order valence-electron chi connectivity index (χ2n) is 4.12. The van der Waals surface area contributed by atoms with E-state index in [1.165, 1.54) is 0 Å². The monoisotopic (exact) mass is 241 g/mol. The van der Waals surface area contributed by atoms with Gasteiger partial charge in [0.2, 0.25) is 0 Å². The maximum Gasteiger partial charge on any atom is 0.354 e. The van der Waals surface area contributed by atoms with Crippen molar-refractivity contribution < 1.29 is 9.90 Å². The number of nitrogens with one attached hydrogen (secondary N) is 1. The van der Waals surface area contributed by atoms with E-state index < -0.39 is 5.97 Å². The standard InChI is InChI=1S/C13H11N3O2/c1-8-11(9-2-3-14-6-9)4-10-5-12(13(17)18)15-7-16(8)10/h2-7,14H,1H3,(H,17,18). The molecule has 0 saturated heterocycles. The van der Waals surface area contributed by atoms with Crippen LogP contribution in [0.5, 0.6) is 0 Å². The van der Waals surface area contributed by atoms with E-state index >= 15 is 0 Å². The number of hydrogen-bond acceptors (Lipinski definition) is 2. The Bertz CT molecular complexity index is 726. The minimum Gasteiger partial charge on any atom is -0.477 e. The number of H-pyrrole nitrogens is 1. The summed E-state index contributed by atoms with van der Waals surface area (Å²) in [6.45, 7) is 1.98.